The molecule has 0 radical (unpaired) electrons. The monoisotopic (exact) mass is 480 g/mol. The maximum absolute atomic E-state index is 11.9. The Kier molecular flexibility index (Phi) is 6.05. The zero-order valence-electron chi connectivity index (χ0n) is 20.5. The van der Waals surface area contributed by atoms with Crippen LogP contribution >= 0.6 is 0 Å². The van der Waals surface area contributed by atoms with E-state index in [1.165, 1.54) is 5.57 Å². The Morgan fingerprint density at radius 1 is 1.34 bits per heavy atom. The quantitative estimate of drug-likeness (QED) is 0.591. The summed E-state index contributed by atoms with van der Waals surface area (Å²) in [4.78, 5) is 19.3. The zero-order valence-corrected chi connectivity index (χ0v) is 20.5. The van der Waals surface area contributed by atoms with Crippen molar-refractivity contribution in [3.63, 3.8) is 0 Å². The number of hydrazone groups is 1. The van der Waals surface area contributed by atoms with E-state index >= 15 is 0 Å². The van der Waals surface area contributed by atoms with Crippen molar-refractivity contribution in [2.24, 2.45) is 45.6 Å². The van der Waals surface area contributed by atoms with Crippen molar-refractivity contribution in [1.29, 1.82) is 5.26 Å². The fraction of sp³-hybridized carbons (Fsp3) is 0.769. The molecule has 4 heterocycles. The van der Waals surface area contributed by atoms with E-state index in [0.717, 1.165) is 69.8 Å². The van der Waals surface area contributed by atoms with Crippen molar-refractivity contribution < 1.29 is 14.6 Å². The van der Waals surface area contributed by atoms with E-state index in [-0.39, 0.29) is 41.6 Å². The number of cyclic esters (lactones) is 1. The number of β-amino-alcohol motifs (C(OH)–C–C–N with tert-alkyl or cyclic N) is 1. The number of ether oxygens (including phenoxy) is 1. The lowest BCUT2D eigenvalue weighted by molar-refractivity contribution is -0.142. The van der Waals surface area contributed by atoms with Gasteiger partial charge in [0.1, 0.15) is 0 Å². The molecule has 8 unspecified atom stereocenters. The second kappa shape index (κ2) is 9.21. The van der Waals surface area contributed by atoms with Gasteiger partial charge in [-0.15, -0.1) is 0 Å². The van der Waals surface area contributed by atoms with Crippen LogP contribution in [0.15, 0.2) is 21.4 Å². The number of hydrogen-bond acceptors (Lipinski definition) is 9. The van der Waals surface area contributed by atoms with Crippen molar-refractivity contribution in [3.8, 4) is 6.07 Å². The van der Waals surface area contributed by atoms with Crippen LogP contribution in [-0.4, -0.2) is 78.1 Å². The number of nitrogens with zero attached hydrogens (tertiary/aromatic N) is 5. The Labute approximate surface area is 206 Å². The first kappa shape index (κ1) is 23.0. The van der Waals surface area contributed by atoms with Crippen LogP contribution in [0.4, 0.5) is 0 Å². The van der Waals surface area contributed by atoms with Crippen LogP contribution in [0.25, 0.3) is 0 Å². The van der Waals surface area contributed by atoms with Gasteiger partial charge in [-0.1, -0.05) is 6.92 Å². The summed E-state index contributed by atoms with van der Waals surface area (Å²) in [6.07, 6.45) is 7.22. The molecular formula is C26H36N6O3. The molecule has 0 aromatic heterocycles. The number of nitriles is 1. The zero-order chi connectivity index (χ0) is 24.1. The molecular weight excluding hydrogens is 444 g/mol. The fourth-order valence-electron chi connectivity index (χ4n) is 7.42. The number of hydrogen-bond donors (Lipinski definition) is 2. The molecule has 0 amide bonds. The van der Waals surface area contributed by atoms with Gasteiger partial charge in [-0.25, -0.2) is 10.0 Å². The van der Waals surface area contributed by atoms with Crippen molar-refractivity contribution in [3.05, 3.63) is 11.3 Å². The fourth-order valence-corrected chi connectivity index (χ4v) is 7.42. The molecule has 0 aromatic rings. The first-order chi connectivity index (χ1) is 17.0. The van der Waals surface area contributed by atoms with Gasteiger partial charge in [-0.3, -0.25) is 9.69 Å². The number of aliphatic hydroxyl groups is 1. The van der Waals surface area contributed by atoms with Crippen molar-refractivity contribution in [2.45, 2.75) is 57.6 Å². The first-order valence-corrected chi connectivity index (χ1v) is 13.4. The molecule has 0 aromatic carbocycles. The Morgan fingerprint density at radius 3 is 3.09 bits per heavy atom. The summed E-state index contributed by atoms with van der Waals surface area (Å²) in [6, 6.07) is 2.70. The molecule has 9 nitrogen and oxygen atoms in total. The number of carbonyl (C=O) groups is 1. The van der Waals surface area contributed by atoms with E-state index in [0.29, 0.717) is 19.1 Å². The van der Waals surface area contributed by atoms with Gasteiger partial charge >= 0.3 is 5.97 Å². The highest BCUT2D eigenvalue weighted by Gasteiger charge is 2.47. The predicted molar refractivity (Wildman–Crippen MR) is 130 cm³/mol. The smallest absolute Gasteiger partial charge is 0.309 e. The SMILES string of the molecule is CC1C(C(O)CN2CCC3=C(CNC(N4N=CC5C(C#N)CCCC54)=N3)C2)CCC2C(=O)OCC21. The number of aliphatic hydroxyl groups excluding tert-OH is 1. The number of nitrogens with one attached hydrogen (secondary N) is 1. The van der Waals surface area contributed by atoms with Gasteiger partial charge in [0.05, 0.1) is 36.7 Å². The molecule has 0 spiro atoms. The lowest BCUT2D eigenvalue weighted by Gasteiger charge is -2.41. The molecule has 0 bridgehead atoms. The second-order valence-electron chi connectivity index (χ2n) is 11.3. The Hall–Kier alpha value is -2.44. The highest BCUT2D eigenvalue weighted by atomic mass is 16.5. The number of guanidine groups is 1. The van der Waals surface area contributed by atoms with E-state index in [1.807, 2.05) is 11.2 Å². The van der Waals surface area contributed by atoms with Crippen LogP contribution in [0.1, 0.15) is 45.4 Å². The average Bonchev–Trinajstić information content (AvgIpc) is 3.48. The molecule has 6 rings (SSSR count). The third-order valence-corrected chi connectivity index (χ3v) is 9.51. The summed E-state index contributed by atoms with van der Waals surface area (Å²) in [7, 11) is 0. The van der Waals surface area contributed by atoms with Crippen LogP contribution in [0, 0.1) is 46.8 Å². The standard InChI is InChI=1S/C26H36N6O3/c1-15-18(5-6-19-21(15)14-35-25(19)34)24(33)13-31-8-7-22-17(12-31)10-28-26(30-22)32-23-4-2-3-16(9-27)20(23)11-29-32/h11,15-16,18-21,23-24,33H,2-8,10,12-14H2,1H3,(H,28,30). The van der Waals surface area contributed by atoms with Crippen LogP contribution in [-0.2, 0) is 9.53 Å². The molecule has 2 saturated carbocycles. The number of carbonyl (C=O) groups excluding carboxylic acids is 1. The molecule has 8 atom stereocenters. The summed E-state index contributed by atoms with van der Waals surface area (Å²) in [5, 5.41) is 30.8. The van der Waals surface area contributed by atoms with Crippen LogP contribution in [0.3, 0.4) is 0 Å². The minimum atomic E-state index is -0.394. The van der Waals surface area contributed by atoms with Crippen LogP contribution in [0.2, 0.25) is 0 Å². The minimum absolute atomic E-state index is 0.0335. The topological polar surface area (TPSA) is 114 Å². The van der Waals surface area contributed by atoms with E-state index in [9.17, 15) is 15.2 Å². The Bertz CT molecular complexity index is 1000. The van der Waals surface area contributed by atoms with Gasteiger partial charge in [0, 0.05) is 56.3 Å². The largest absolute Gasteiger partial charge is 0.465 e. The third-order valence-electron chi connectivity index (χ3n) is 9.51. The molecule has 4 aliphatic heterocycles. The molecule has 2 aliphatic carbocycles. The Morgan fingerprint density at radius 2 is 2.23 bits per heavy atom. The molecule has 35 heavy (non-hydrogen) atoms. The Balaban J connectivity index is 1.08. The predicted octanol–water partition coefficient (Wildman–Crippen LogP) is 1.71. The third kappa shape index (κ3) is 4.05. The highest BCUT2D eigenvalue weighted by molar-refractivity contribution is 5.85. The van der Waals surface area contributed by atoms with E-state index in [2.05, 4.69) is 28.3 Å². The van der Waals surface area contributed by atoms with Gasteiger partial charge in [0.15, 0.2) is 0 Å². The highest BCUT2D eigenvalue weighted by Crippen LogP contribution is 2.44. The van der Waals surface area contributed by atoms with Crippen LogP contribution in [0.5, 0.6) is 0 Å². The molecule has 3 fully saturated rings. The summed E-state index contributed by atoms with van der Waals surface area (Å²) in [5.41, 5.74) is 2.43. The number of rotatable bonds is 3. The lowest BCUT2D eigenvalue weighted by Crippen LogP contribution is -2.50. The number of esters is 1. The molecule has 188 valence electrons. The number of fused-ring (bicyclic) bond motifs is 2. The van der Waals surface area contributed by atoms with Gasteiger partial charge in [0.25, 0.3) is 0 Å². The van der Waals surface area contributed by atoms with Gasteiger partial charge in [0.2, 0.25) is 5.96 Å². The first-order valence-electron chi connectivity index (χ1n) is 13.4. The lowest BCUT2D eigenvalue weighted by atomic mass is 9.66. The summed E-state index contributed by atoms with van der Waals surface area (Å²) in [6.45, 7) is 5.80. The summed E-state index contributed by atoms with van der Waals surface area (Å²) >= 11 is 0. The molecule has 1 saturated heterocycles. The van der Waals surface area contributed by atoms with E-state index < -0.39 is 6.10 Å². The average molecular weight is 481 g/mol. The number of aliphatic imine (C=N–C) groups is 1. The van der Waals surface area contributed by atoms with Gasteiger partial charge in [-0.2, -0.15) is 10.4 Å². The minimum Gasteiger partial charge on any atom is -0.465 e. The van der Waals surface area contributed by atoms with E-state index in [1.54, 1.807) is 0 Å². The van der Waals surface area contributed by atoms with Gasteiger partial charge < -0.3 is 15.2 Å². The van der Waals surface area contributed by atoms with Crippen LogP contribution < -0.4 is 5.32 Å². The summed E-state index contributed by atoms with van der Waals surface area (Å²) in [5.74, 6) is 1.82. The van der Waals surface area contributed by atoms with Crippen molar-refractivity contribution in [1.82, 2.24) is 15.2 Å². The van der Waals surface area contributed by atoms with Crippen molar-refractivity contribution in [2.75, 3.05) is 32.8 Å². The maximum atomic E-state index is 11.9. The van der Waals surface area contributed by atoms with Gasteiger partial charge in [-0.05, 0) is 49.5 Å². The van der Waals surface area contributed by atoms with E-state index in [4.69, 9.17) is 9.73 Å². The normalized spacial score (nSPS) is 39.7. The second-order valence-corrected chi connectivity index (χ2v) is 11.3. The maximum Gasteiger partial charge on any atom is 0.309 e. The van der Waals surface area contributed by atoms with Crippen molar-refractivity contribution >= 4 is 18.1 Å². The molecule has 2 N–H and O–H groups in total. The molecule has 9 heteroatoms. The molecule has 6 aliphatic rings. The summed E-state index contributed by atoms with van der Waals surface area (Å²) < 4.78 is 5.31.